The van der Waals surface area contributed by atoms with E-state index in [0.29, 0.717) is 25.7 Å². The highest BCUT2D eigenvalue weighted by atomic mass is 32.2. The number of allylic oxidation sites excluding steroid dienone is 4. The standard InChI is InChI=1S/C27H29F5O3S/c1-25-12-11-20-19(22(25)9-10-23(25)26(28,29)27(30,31)32)8-5-16-13-17(33)14-21(24(16)20)15-3-6-18(7-4-15)36(2,34)35/h3-4,6-7,13,19,21-23H,5,8-12,14H2,1-2H3/t19-,21?,22+,23?,25+/m1/s1. The zero-order valence-corrected chi connectivity index (χ0v) is 21.0. The van der Waals surface area contributed by atoms with Gasteiger partial charge in [-0.2, -0.15) is 22.0 Å². The fourth-order valence-corrected chi connectivity index (χ4v) is 8.29. The molecule has 4 aliphatic carbocycles. The molecule has 0 bridgehead atoms. The van der Waals surface area contributed by atoms with Crippen molar-refractivity contribution in [2.75, 3.05) is 6.26 Å². The Hall–Kier alpha value is -2.03. The summed E-state index contributed by atoms with van der Waals surface area (Å²) in [6, 6.07) is 6.49. The van der Waals surface area contributed by atoms with Crippen LogP contribution in [0.5, 0.6) is 0 Å². The zero-order chi connectivity index (χ0) is 26.3. The molecule has 36 heavy (non-hydrogen) atoms. The third-order valence-corrected chi connectivity index (χ3v) is 10.4. The van der Waals surface area contributed by atoms with Gasteiger partial charge >= 0.3 is 12.1 Å². The van der Waals surface area contributed by atoms with Crippen molar-refractivity contribution in [3.8, 4) is 0 Å². The maximum atomic E-state index is 14.6. The summed E-state index contributed by atoms with van der Waals surface area (Å²) >= 11 is 0. The van der Waals surface area contributed by atoms with Gasteiger partial charge in [-0.15, -0.1) is 0 Å². The van der Waals surface area contributed by atoms with E-state index in [1.807, 2.05) is 0 Å². The van der Waals surface area contributed by atoms with E-state index < -0.39 is 33.3 Å². The molecule has 9 heteroatoms. The topological polar surface area (TPSA) is 51.2 Å². The largest absolute Gasteiger partial charge is 0.453 e. The lowest BCUT2D eigenvalue weighted by atomic mass is 9.54. The molecule has 2 fully saturated rings. The Morgan fingerprint density at radius 1 is 0.972 bits per heavy atom. The number of sulfone groups is 1. The van der Waals surface area contributed by atoms with Gasteiger partial charge in [0, 0.05) is 24.5 Å². The molecule has 0 spiro atoms. The van der Waals surface area contributed by atoms with Crippen LogP contribution in [0, 0.1) is 23.2 Å². The van der Waals surface area contributed by atoms with Crippen molar-refractivity contribution >= 4 is 15.6 Å². The quantitative estimate of drug-likeness (QED) is 0.406. The van der Waals surface area contributed by atoms with Crippen molar-refractivity contribution < 1.29 is 35.2 Å². The van der Waals surface area contributed by atoms with Gasteiger partial charge in [-0.3, -0.25) is 4.79 Å². The van der Waals surface area contributed by atoms with Crippen molar-refractivity contribution in [2.24, 2.45) is 23.2 Å². The number of ketones is 1. The maximum absolute atomic E-state index is 14.6. The molecule has 0 saturated heterocycles. The van der Waals surface area contributed by atoms with Crippen LogP contribution in [-0.4, -0.2) is 32.6 Å². The van der Waals surface area contributed by atoms with Crippen LogP contribution in [0.1, 0.15) is 63.4 Å². The highest BCUT2D eigenvalue weighted by molar-refractivity contribution is 7.90. The Labute approximate surface area is 207 Å². The number of rotatable bonds is 3. The first-order valence-electron chi connectivity index (χ1n) is 12.4. The fraction of sp³-hybridized carbons (Fsp3) is 0.593. The van der Waals surface area contributed by atoms with Crippen molar-refractivity contribution in [2.45, 2.75) is 74.8 Å². The van der Waals surface area contributed by atoms with Crippen LogP contribution in [-0.2, 0) is 14.6 Å². The van der Waals surface area contributed by atoms with Crippen LogP contribution in [0.4, 0.5) is 22.0 Å². The second kappa shape index (κ2) is 8.23. The minimum absolute atomic E-state index is 0.0172. The Balaban J connectivity index is 1.54. The van der Waals surface area contributed by atoms with Gasteiger partial charge in [0.15, 0.2) is 15.6 Å². The van der Waals surface area contributed by atoms with Gasteiger partial charge in [-0.05, 0) is 90.7 Å². The fourth-order valence-electron chi connectivity index (χ4n) is 7.66. The third kappa shape index (κ3) is 3.87. The van der Waals surface area contributed by atoms with E-state index in [1.54, 1.807) is 25.1 Å². The number of carbonyl (C=O) groups excluding carboxylic acids is 1. The normalized spacial score (nSPS) is 33.1. The first-order chi connectivity index (χ1) is 16.6. The second-order valence-electron chi connectivity index (χ2n) is 11.2. The molecule has 0 aliphatic heterocycles. The van der Waals surface area contributed by atoms with Gasteiger partial charge in [0.05, 0.1) is 4.90 Å². The summed E-state index contributed by atoms with van der Waals surface area (Å²) < 4.78 is 92.8. The first kappa shape index (κ1) is 25.6. The first-order valence-corrected chi connectivity index (χ1v) is 14.2. The van der Waals surface area contributed by atoms with E-state index in [2.05, 4.69) is 0 Å². The second-order valence-corrected chi connectivity index (χ2v) is 13.2. The van der Waals surface area contributed by atoms with Crippen LogP contribution in [0.3, 0.4) is 0 Å². The molecule has 0 heterocycles. The van der Waals surface area contributed by atoms with Crippen LogP contribution >= 0.6 is 0 Å². The number of benzene rings is 1. The molecule has 1 aromatic rings. The van der Waals surface area contributed by atoms with E-state index in [-0.39, 0.29) is 47.7 Å². The van der Waals surface area contributed by atoms with E-state index in [9.17, 15) is 35.2 Å². The molecule has 0 radical (unpaired) electrons. The Bertz CT molecular complexity index is 1260. The van der Waals surface area contributed by atoms with E-state index in [1.165, 1.54) is 12.1 Å². The highest BCUT2D eigenvalue weighted by Crippen LogP contribution is 2.67. The minimum Gasteiger partial charge on any atom is -0.295 e. The van der Waals surface area contributed by atoms with Gasteiger partial charge < -0.3 is 0 Å². The highest BCUT2D eigenvalue weighted by Gasteiger charge is 2.70. The number of carbonyl (C=O) groups is 1. The zero-order valence-electron chi connectivity index (χ0n) is 20.2. The van der Waals surface area contributed by atoms with Crippen LogP contribution < -0.4 is 0 Å². The maximum Gasteiger partial charge on any atom is 0.453 e. The molecular formula is C27H29F5O3S. The van der Waals surface area contributed by atoms with Gasteiger partial charge in [-0.1, -0.05) is 24.6 Å². The molecule has 4 aliphatic rings. The molecule has 0 N–H and O–H groups in total. The molecule has 196 valence electrons. The molecule has 5 atom stereocenters. The smallest absolute Gasteiger partial charge is 0.295 e. The number of hydrogen-bond donors (Lipinski definition) is 0. The minimum atomic E-state index is -5.57. The number of hydrogen-bond acceptors (Lipinski definition) is 3. The average Bonchev–Trinajstić information content (AvgIpc) is 3.15. The Morgan fingerprint density at radius 3 is 2.25 bits per heavy atom. The SMILES string of the molecule is C[C@]12CCC3=C4C(=CC(=O)CC4c4ccc(S(C)(=O)=O)cc4)CC[C@H]3[C@@H]1CCC2C(F)(F)C(F)(F)F. The van der Waals surface area contributed by atoms with Crippen molar-refractivity contribution in [3.05, 3.63) is 52.6 Å². The summed E-state index contributed by atoms with van der Waals surface area (Å²) in [5.41, 5.74) is 2.74. The number of halogens is 5. The van der Waals surface area contributed by atoms with E-state index in [0.717, 1.165) is 28.5 Å². The van der Waals surface area contributed by atoms with Gasteiger partial charge in [0.1, 0.15) is 0 Å². The Morgan fingerprint density at radius 2 is 1.64 bits per heavy atom. The molecule has 2 unspecified atom stereocenters. The van der Waals surface area contributed by atoms with Gasteiger partial charge in [-0.25, -0.2) is 8.42 Å². The van der Waals surface area contributed by atoms with Crippen molar-refractivity contribution in [3.63, 3.8) is 0 Å². The summed E-state index contributed by atoms with van der Waals surface area (Å²) in [5.74, 6) is -7.10. The molecule has 2 saturated carbocycles. The predicted octanol–water partition coefficient (Wildman–Crippen LogP) is 6.80. The Kier molecular flexibility index (Phi) is 5.86. The number of fused-ring (bicyclic) bond motifs is 4. The van der Waals surface area contributed by atoms with Crippen LogP contribution in [0.25, 0.3) is 0 Å². The van der Waals surface area contributed by atoms with Gasteiger partial charge in [0.25, 0.3) is 0 Å². The van der Waals surface area contributed by atoms with Crippen LogP contribution in [0.15, 0.2) is 52.0 Å². The average molecular weight is 529 g/mol. The summed E-state index contributed by atoms with van der Waals surface area (Å²) in [4.78, 5) is 12.8. The molecule has 0 aromatic heterocycles. The molecule has 0 amide bonds. The monoisotopic (exact) mass is 528 g/mol. The summed E-state index contributed by atoms with van der Waals surface area (Å²) in [7, 11) is -3.38. The van der Waals surface area contributed by atoms with Crippen molar-refractivity contribution in [1.82, 2.24) is 0 Å². The summed E-state index contributed by atoms with van der Waals surface area (Å²) in [5, 5.41) is 0. The molecule has 3 nitrogen and oxygen atoms in total. The lowest BCUT2D eigenvalue weighted by Gasteiger charge is -2.51. The molecule has 1 aromatic carbocycles. The molecule has 5 rings (SSSR count). The predicted molar refractivity (Wildman–Crippen MR) is 124 cm³/mol. The summed E-state index contributed by atoms with van der Waals surface area (Å²) in [6.07, 6.45) is -0.464. The van der Waals surface area contributed by atoms with Crippen LogP contribution in [0.2, 0.25) is 0 Å². The number of alkyl halides is 5. The lowest BCUT2D eigenvalue weighted by molar-refractivity contribution is -0.314. The van der Waals surface area contributed by atoms with Gasteiger partial charge in [0.2, 0.25) is 0 Å². The lowest BCUT2D eigenvalue weighted by Crippen LogP contribution is -2.51. The summed E-state index contributed by atoms with van der Waals surface area (Å²) in [6.45, 7) is 1.62. The third-order valence-electron chi connectivity index (χ3n) is 9.31. The molecular weight excluding hydrogens is 499 g/mol. The van der Waals surface area contributed by atoms with E-state index >= 15 is 0 Å². The van der Waals surface area contributed by atoms with Crippen molar-refractivity contribution in [1.29, 1.82) is 0 Å². The van der Waals surface area contributed by atoms with E-state index in [4.69, 9.17) is 0 Å².